The van der Waals surface area contributed by atoms with E-state index in [1.165, 1.54) is 17.2 Å². The van der Waals surface area contributed by atoms with Crippen LogP contribution < -0.4 is 25.4 Å². The first-order valence-corrected chi connectivity index (χ1v) is 27.5. The number of carbonyl (C=O) groups excluding carboxylic acids is 1. The number of carbonyl (C=O) groups is 1. The van der Waals surface area contributed by atoms with E-state index in [2.05, 4.69) is 67.8 Å². The van der Waals surface area contributed by atoms with E-state index in [9.17, 15) is 41.7 Å². The van der Waals surface area contributed by atoms with Gasteiger partial charge in [-0.1, -0.05) is 28.1 Å². The number of anilines is 2. The number of aromatic amines is 1. The van der Waals surface area contributed by atoms with Crippen LogP contribution >= 0.6 is 38.6 Å². The highest BCUT2D eigenvalue weighted by molar-refractivity contribution is 9.08. The molecular weight excluding hydrogens is 1130 g/mol. The normalized spacial score (nSPS) is 14.8. The third-order valence-electron chi connectivity index (χ3n) is 12.7. The van der Waals surface area contributed by atoms with Crippen molar-refractivity contribution < 1.29 is 45.3 Å². The highest BCUT2D eigenvalue weighted by atomic mass is 79.9. The largest absolute Gasteiger partial charge is 0.496 e. The lowest BCUT2D eigenvalue weighted by Crippen LogP contribution is -2.38. The Morgan fingerprint density at radius 1 is 0.744 bits per heavy atom. The van der Waals surface area contributed by atoms with Crippen LogP contribution in [0, 0.1) is 22.7 Å². The molecule has 412 valence electrons. The van der Waals surface area contributed by atoms with Crippen LogP contribution in [0.15, 0.2) is 61.2 Å². The van der Waals surface area contributed by atoms with E-state index in [0.29, 0.717) is 65.8 Å². The predicted octanol–water partition coefficient (Wildman–Crippen LogP) is 12.4. The van der Waals surface area contributed by atoms with E-state index in [1.54, 1.807) is 65.3 Å². The molecule has 16 nitrogen and oxygen atoms in total. The van der Waals surface area contributed by atoms with Crippen molar-refractivity contribution >= 4 is 98.6 Å². The molecule has 0 radical (unpaired) electrons. The predicted molar refractivity (Wildman–Crippen MR) is 293 cm³/mol. The van der Waals surface area contributed by atoms with Gasteiger partial charge in [0.05, 0.1) is 48.9 Å². The smallest absolute Gasteiger partial charge is 0.420 e. The summed E-state index contributed by atoms with van der Waals surface area (Å²) in [5, 5.41) is 32.1. The van der Waals surface area contributed by atoms with Crippen molar-refractivity contribution in [1.29, 1.82) is 10.5 Å². The minimum atomic E-state index is -4.25. The molecule has 8 heterocycles. The minimum absolute atomic E-state index is 0.169. The minimum Gasteiger partial charge on any atom is -0.496 e. The summed E-state index contributed by atoms with van der Waals surface area (Å²) < 4.78 is 93.7. The van der Waals surface area contributed by atoms with E-state index < -0.39 is 36.9 Å². The number of piperidine rings is 2. The van der Waals surface area contributed by atoms with Crippen LogP contribution in [0.25, 0.3) is 42.2 Å². The maximum absolute atomic E-state index is 12.8. The number of rotatable bonds is 11. The molecule has 2 aliphatic heterocycles. The molecule has 25 heteroatoms. The van der Waals surface area contributed by atoms with E-state index in [1.807, 2.05) is 24.3 Å². The van der Waals surface area contributed by atoms with Crippen LogP contribution in [-0.4, -0.2) is 111 Å². The first-order valence-electron chi connectivity index (χ1n) is 24.7. The number of ether oxygens (including phenoxy) is 3. The van der Waals surface area contributed by atoms with Crippen molar-refractivity contribution in [2.75, 3.05) is 51.0 Å². The van der Waals surface area contributed by atoms with Gasteiger partial charge >= 0.3 is 18.4 Å². The maximum atomic E-state index is 12.8. The van der Waals surface area contributed by atoms with Gasteiger partial charge in [0.15, 0.2) is 0 Å². The van der Waals surface area contributed by atoms with Crippen LogP contribution in [-0.2, 0) is 29.5 Å². The number of benzene rings is 2. The van der Waals surface area contributed by atoms with Crippen molar-refractivity contribution in [2.45, 2.75) is 101 Å². The zero-order chi connectivity index (χ0) is 55.9. The van der Waals surface area contributed by atoms with Crippen LogP contribution in [0.1, 0.15) is 78.7 Å². The number of nitrogens with zero attached hydrogens (tertiary/aromatic N) is 8. The second-order valence-corrected chi connectivity index (χ2v) is 22.3. The van der Waals surface area contributed by atoms with Crippen LogP contribution in [0.2, 0.25) is 0 Å². The number of fused-ring (bicyclic) bond motifs is 4. The number of hydrogen-bond acceptors (Lipinski definition) is 16. The topological polar surface area (TPSA) is 204 Å². The quantitative estimate of drug-likeness (QED) is 0.0703. The van der Waals surface area contributed by atoms with Gasteiger partial charge in [0.2, 0.25) is 0 Å². The molecule has 0 spiro atoms. The van der Waals surface area contributed by atoms with Crippen LogP contribution in [0.3, 0.4) is 0 Å². The number of methoxy groups -OCH3 is 2. The Kier molecular flexibility index (Phi) is 18.0. The monoisotopic (exact) mass is 1180 g/mol. The van der Waals surface area contributed by atoms with Gasteiger partial charge in [-0.05, 0) is 95.9 Å². The van der Waals surface area contributed by atoms with Crippen molar-refractivity contribution in [3.63, 3.8) is 0 Å². The van der Waals surface area contributed by atoms with Crippen molar-refractivity contribution in [3.8, 4) is 23.6 Å². The van der Waals surface area contributed by atoms with Gasteiger partial charge in [-0.3, -0.25) is 4.90 Å². The Morgan fingerprint density at radius 3 is 1.81 bits per heavy atom. The fraction of sp³-hybridized carbons (Fsp3) is 0.415. The number of thiophene rings is 2. The third-order valence-corrected chi connectivity index (χ3v) is 15.4. The van der Waals surface area contributed by atoms with Gasteiger partial charge in [-0.15, -0.1) is 22.7 Å². The number of aromatic nitrogens is 6. The van der Waals surface area contributed by atoms with Crippen molar-refractivity contribution in [3.05, 3.63) is 93.5 Å². The number of likely N-dealkylation sites (tertiary alicyclic amines) is 1. The molecule has 0 unspecified atom stereocenters. The van der Waals surface area contributed by atoms with Gasteiger partial charge < -0.3 is 35.1 Å². The van der Waals surface area contributed by atoms with E-state index >= 15 is 0 Å². The van der Waals surface area contributed by atoms with Gasteiger partial charge in [0, 0.05) is 68.7 Å². The molecule has 4 N–H and O–H groups in total. The number of alkyl halides is 7. The molecule has 78 heavy (non-hydrogen) atoms. The first kappa shape index (κ1) is 57.4. The molecule has 6 aromatic heterocycles. The maximum Gasteiger partial charge on any atom is 0.420 e. The van der Waals surface area contributed by atoms with Gasteiger partial charge in [0.1, 0.15) is 74.6 Å². The van der Waals surface area contributed by atoms with E-state index in [0.717, 1.165) is 109 Å². The molecule has 2 aliphatic rings. The first-order chi connectivity index (χ1) is 37.2. The molecule has 2 saturated heterocycles. The molecule has 2 aromatic carbocycles. The lowest BCUT2D eigenvalue weighted by molar-refractivity contribution is -0.127. The fourth-order valence-electron chi connectivity index (χ4n) is 9.32. The molecule has 10 rings (SSSR count). The van der Waals surface area contributed by atoms with Crippen LogP contribution in [0.4, 0.5) is 42.8 Å². The summed E-state index contributed by atoms with van der Waals surface area (Å²) in [6.45, 7) is 9.66. The molecular formula is C53H55BrF6N12O4S2. The highest BCUT2D eigenvalue weighted by Gasteiger charge is 2.31. The molecule has 8 aromatic rings. The van der Waals surface area contributed by atoms with Gasteiger partial charge in [0.25, 0.3) is 0 Å². The number of H-pyrrole nitrogens is 1. The molecule has 0 saturated carbocycles. The lowest BCUT2D eigenvalue weighted by atomic mass is 10.0. The van der Waals surface area contributed by atoms with Gasteiger partial charge in [-0.2, -0.15) is 36.9 Å². The molecule has 0 bridgehead atoms. The summed E-state index contributed by atoms with van der Waals surface area (Å²) in [6, 6.07) is 18.8. The standard InChI is InChI=1S/C24H23F3N6OS.C16H17BrN2O3.C13H15F3N4S/c1-34-21-14(2-3-20-18(21)8-16(11-28)31-20)12-33-6-4-15(5-7-33)32-22-19-9-17(10-24(25,26)27)35-23(19)30-13-29-22;1-16(2,3)22-15(20)19-11(9-18)7-12-13(19)6-5-10(8-17)14(12)21-4;14-13(15,16)6-9-5-10-11(18-7-19-12(10)21-9)20-8-1-3-17-4-2-8/h2-3,8-9,13,15,31H,4-7,10,12H2,1H3,(H,29,30,32);5-7H,8H2,1-4H3;5,7-8,17H,1-4,6H2,(H,18,19,20). The lowest BCUT2D eigenvalue weighted by Gasteiger charge is -2.33. The average molecular weight is 1180 g/mol. The van der Waals surface area contributed by atoms with E-state index in [4.69, 9.17) is 14.2 Å². The second kappa shape index (κ2) is 24.5. The third kappa shape index (κ3) is 14.3. The Hall–Kier alpha value is -6.77. The molecule has 2 fully saturated rings. The van der Waals surface area contributed by atoms with Crippen molar-refractivity contribution in [2.24, 2.45) is 0 Å². The Labute approximate surface area is 461 Å². The number of nitriles is 2. The number of halogens is 7. The SMILES string of the molecule is COc1c(CBr)ccc2c1cc(C#N)n2C(=O)OC(C)(C)C.COc1c(CN2CCC(Nc3ncnc4sc(CC(F)(F)F)cc34)CC2)ccc2[nH]c(C#N)cc12.FC(F)(F)Cc1cc2c(NC3CCNCC3)ncnc2s1. The molecule has 0 atom stereocenters. The second-order valence-electron chi connectivity index (χ2n) is 19.6. The summed E-state index contributed by atoms with van der Waals surface area (Å²) in [4.78, 5) is 36.2. The summed E-state index contributed by atoms with van der Waals surface area (Å²) >= 11 is 5.54. The molecule has 0 amide bonds. The molecule has 0 aliphatic carbocycles. The number of hydrogen-bond donors (Lipinski definition) is 4. The Morgan fingerprint density at radius 2 is 1.29 bits per heavy atom. The van der Waals surface area contributed by atoms with E-state index in [-0.39, 0.29) is 21.5 Å². The Balaban J connectivity index is 0.000000163. The zero-order valence-corrected chi connectivity index (χ0v) is 46.3. The number of nitrogens with one attached hydrogen (secondary N) is 4. The highest BCUT2D eigenvalue weighted by Crippen LogP contribution is 2.37. The summed E-state index contributed by atoms with van der Waals surface area (Å²) in [5.74, 6) is 2.65. The summed E-state index contributed by atoms with van der Waals surface area (Å²) in [6.07, 6.45) is -4.39. The van der Waals surface area contributed by atoms with Crippen molar-refractivity contribution in [1.82, 2.24) is 39.7 Å². The zero-order valence-electron chi connectivity index (χ0n) is 43.1. The Bertz CT molecular complexity index is 3490. The van der Waals surface area contributed by atoms with Crippen LogP contribution in [0.5, 0.6) is 11.5 Å². The average Bonchev–Trinajstić information content (AvgIpc) is 4.23. The summed E-state index contributed by atoms with van der Waals surface area (Å²) in [5.41, 5.74) is 3.54. The summed E-state index contributed by atoms with van der Waals surface area (Å²) in [7, 11) is 3.21. The van der Waals surface area contributed by atoms with Gasteiger partial charge in [-0.25, -0.2) is 29.3 Å². The fourth-order valence-corrected chi connectivity index (χ4v) is 11.8.